The van der Waals surface area contributed by atoms with E-state index in [1.54, 1.807) is 0 Å². The molecular weight excluding hydrogens is 398 g/mol. The summed E-state index contributed by atoms with van der Waals surface area (Å²) < 4.78 is 10.5. The maximum absolute atomic E-state index is 10.5. The van der Waals surface area contributed by atoms with E-state index in [9.17, 15) is 20.1 Å². The van der Waals surface area contributed by atoms with E-state index in [2.05, 4.69) is 0 Å². The van der Waals surface area contributed by atoms with E-state index in [1.165, 1.54) is 24.3 Å². The van der Waals surface area contributed by atoms with Crippen LogP contribution in [0.1, 0.15) is 25.7 Å². The number of phenols is 1. The van der Waals surface area contributed by atoms with Gasteiger partial charge in [0.2, 0.25) is 6.29 Å². The van der Waals surface area contributed by atoms with Gasteiger partial charge in [-0.25, -0.2) is 0 Å². The number of carboxylic acid groups (broad SMARTS) is 1. The van der Waals surface area contributed by atoms with Gasteiger partial charge in [0.15, 0.2) is 0 Å². The largest absolute Gasteiger partial charge is 0.508 e. The second-order valence-electron chi connectivity index (χ2n) is 7.60. The molecule has 1 aromatic carbocycles. The van der Waals surface area contributed by atoms with Crippen LogP contribution in [0.15, 0.2) is 24.3 Å². The lowest BCUT2D eigenvalue weighted by atomic mass is 9.82. The third-order valence-electron chi connectivity index (χ3n) is 5.47. The van der Waals surface area contributed by atoms with E-state index < -0.39 is 43.3 Å². The molecule has 3 rings (SSSR count). The van der Waals surface area contributed by atoms with Crippen molar-refractivity contribution in [2.45, 2.75) is 56.4 Å². The molecule has 30 heavy (non-hydrogen) atoms. The normalized spacial score (nSPS) is 33.8. The topological polar surface area (TPSA) is 183 Å². The average molecular weight is 429 g/mol. The predicted molar refractivity (Wildman–Crippen MR) is 105 cm³/mol. The Labute approximate surface area is 174 Å². The molecule has 170 valence electrons. The molecule has 1 aliphatic carbocycles. The van der Waals surface area contributed by atoms with Crippen molar-refractivity contribution in [2.75, 3.05) is 13.2 Å². The third kappa shape index (κ3) is 6.53. The minimum Gasteiger partial charge on any atom is -0.508 e. The number of carbonyl (C=O) groups is 1. The summed E-state index contributed by atoms with van der Waals surface area (Å²) in [5, 5.41) is 55.7. The Morgan fingerprint density at radius 3 is 2.13 bits per heavy atom. The van der Waals surface area contributed by atoms with Crippen LogP contribution in [-0.2, 0) is 9.53 Å². The fourth-order valence-corrected chi connectivity index (χ4v) is 3.47. The molecule has 1 heterocycles. The van der Waals surface area contributed by atoms with Crippen LogP contribution in [0.25, 0.3) is 0 Å². The van der Waals surface area contributed by atoms with Crippen molar-refractivity contribution in [1.82, 2.24) is 0 Å². The Balaban J connectivity index is 0.000000248. The Morgan fingerprint density at radius 2 is 1.63 bits per heavy atom. The standard InChI is InChI=1S/C12H16O7.C8H15NO2/c13-5-8-9(15)10(16)11(17)12(19-8)18-7-3-1-6(14)2-4-7;9-5-6-1-3-7(4-2-6)8(10)11/h1-4,8-17H,5H2;6-7H,1-5,9H2,(H,10,11)/t8-,9-,10+,11-,12-;/m1./s1. The molecule has 0 bridgehead atoms. The molecule has 1 saturated heterocycles. The summed E-state index contributed by atoms with van der Waals surface area (Å²) in [6, 6.07) is 5.69. The van der Waals surface area contributed by atoms with Gasteiger partial charge in [0, 0.05) is 0 Å². The fraction of sp³-hybridized carbons (Fsp3) is 0.650. The zero-order valence-electron chi connectivity index (χ0n) is 16.6. The van der Waals surface area contributed by atoms with Crippen LogP contribution in [0, 0.1) is 11.8 Å². The first-order valence-corrected chi connectivity index (χ1v) is 9.95. The molecule has 0 spiro atoms. The summed E-state index contributed by atoms with van der Waals surface area (Å²) in [6.45, 7) is 0.201. The van der Waals surface area contributed by atoms with Gasteiger partial charge in [0.05, 0.1) is 12.5 Å². The first kappa shape index (κ1) is 24.3. The van der Waals surface area contributed by atoms with Gasteiger partial charge in [-0.15, -0.1) is 0 Å². The van der Waals surface area contributed by atoms with Gasteiger partial charge in [-0.2, -0.15) is 0 Å². The summed E-state index contributed by atoms with van der Waals surface area (Å²) in [7, 11) is 0. The van der Waals surface area contributed by atoms with Gasteiger partial charge < -0.3 is 45.8 Å². The summed E-state index contributed by atoms with van der Waals surface area (Å²) in [4.78, 5) is 10.5. The molecule has 2 fully saturated rings. The summed E-state index contributed by atoms with van der Waals surface area (Å²) in [6.07, 6.45) is -2.96. The van der Waals surface area contributed by atoms with E-state index >= 15 is 0 Å². The minimum atomic E-state index is -1.48. The van der Waals surface area contributed by atoms with E-state index in [0.717, 1.165) is 25.7 Å². The van der Waals surface area contributed by atoms with Crippen molar-refractivity contribution in [3.63, 3.8) is 0 Å². The van der Waals surface area contributed by atoms with Crippen molar-refractivity contribution < 1.29 is 44.9 Å². The molecular formula is C20H31NO9. The van der Waals surface area contributed by atoms with E-state index in [0.29, 0.717) is 18.2 Å². The molecule has 0 aromatic heterocycles. The number of aliphatic hydroxyl groups is 4. The third-order valence-corrected chi connectivity index (χ3v) is 5.47. The monoisotopic (exact) mass is 429 g/mol. The first-order chi connectivity index (χ1) is 14.3. The zero-order valence-corrected chi connectivity index (χ0v) is 16.6. The molecule has 0 amide bonds. The average Bonchev–Trinajstić information content (AvgIpc) is 2.76. The lowest BCUT2D eigenvalue weighted by Gasteiger charge is -2.39. The maximum Gasteiger partial charge on any atom is 0.306 e. The van der Waals surface area contributed by atoms with Gasteiger partial charge in [0.25, 0.3) is 0 Å². The summed E-state index contributed by atoms with van der Waals surface area (Å²) in [5.74, 6) is 0.201. The molecule has 10 nitrogen and oxygen atoms in total. The SMILES string of the molecule is NCC1CCC(C(=O)O)CC1.OC[C@H]1O[C@@H](Oc2ccc(O)cc2)[C@H](O)[C@@H](O)[C@@H]1O. The van der Waals surface area contributed by atoms with Crippen LogP contribution >= 0.6 is 0 Å². The van der Waals surface area contributed by atoms with E-state index in [1.807, 2.05) is 0 Å². The number of hydrogen-bond donors (Lipinski definition) is 7. The Morgan fingerprint density at radius 1 is 1.03 bits per heavy atom. The fourth-order valence-electron chi connectivity index (χ4n) is 3.47. The van der Waals surface area contributed by atoms with Gasteiger partial charge in [0.1, 0.15) is 35.9 Å². The number of phenolic OH excluding ortho intramolecular Hbond substituents is 1. The second kappa shape index (κ2) is 11.4. The van der Waals surface area contributed by atoms with Gasteiger partial charge in [-0.05, 0) is 62.4 Å². The van der Waals surface area contributed by atoms with Crippen LogP contribution in [-0.4, -0.2) is 80.5 Å². The molecule has 5 atom stereocenters. The molecule has 10 heteroatoms. The molecule has 0 unspecified atom stereocenters. The highest BCUT2D eigenvalue weighted by Gasteiger charge is 2.44. The summed E-state index contributed by atoms with van der Waals surface area (Å²) in [5.41, 5.74) is 5.48. The highest BCUT2D eigenvalue weighted by atomic mass is 16.7. The molecule has 1 aliphatic heterocycles. The smallest absolute Gasteiger partial charge is 0.306 e. The maximum atomic E-state index is 10.5. The summed E-state index contributed by atoms with van der Waals surface area (Å²) >= 11 is 0. The Kier molecular flexibility index (Phi) is 9.28. The Hall–Kier alpha value is -1.95. The van der Waals surface area contributed by atoms with Gasteiger partial charge in [-0.1, -0.05) is 0 Å². The van der Waals surface area contributed by atoms with Crippen molar-refractivity contribution >= 4 is 5.97 Å². The molecule has 2 aliphatic rings. The van der Waals surface area contributed by atoms with Crippen LogP contribution in [0.5, 0.6) is 11.5 Å². The quantitative estimate of drug-likeness (QED) is 0.319. The van der Waals surface area contributed by atoms with E-state index in [4.69, 9.17) is 30.5 Å². The van der Waals surface area contributed by atoms with Crippen LogP contribution in [0.4, 0.5) is 0 Å². The number of ether oxygens (including phenoxy) is 2. The highest BCUT2D eigenvalue weighted by Crippen LogP contribution is 2.28. The molecule has 1 aromatic rings. The van der Waals surface area contributed by atoms with Gasteiger partial charge >= 0.3 is 5.97 Å². The zero-order chi connectivity index (χ0) is 22.3. The Bertz CT molecular complexity index is 646. The predicted octanol–water partition coefficient (Wildman–Crippen LogP) is -0.593. The minimum absolute atomic E-state index is 0.0566. The second-order valence-corrected chi connectivity index (χ2v) is 7.60. The number of aromatic hydroxyl groups is 1. The first-order valence-electron chi connectivity index (χ1n) is 9.95. The number of aliphatic hydroxyl groups excluding tert-OH is 4. The molecule has 0 radical (unpaired) electrons. The number of nitrogens with two attached hydrogens (primary N) is 1. The van der Waals surface area contributed by atoms with E-state index in [-0.39, 0.29) is 11.7 Å². The number of rotatable bonds is 5. The van der Waals surface area contributed by atoms with Crippen LogP contribution in [0.3, 0.4) is 0 Å². The lowest BCUT2D eigenvalue weighted by molar-refractivity contribution is -0.277. The van der Waals surface area contributed by atoms with Crippen LogP contribution in [0.2, 0.25) is 0 Å². The van der Waals surface area contributed by atoms with Crippen molar-refractivity contribution in [3.05, 3.63) is 24.3 Å². The van der Waals surface area contributed by atoms with Crippen molar-refractivity contribution in [3.8, 4) is 11.5 Å². The lowest BCUT2D eigenvalue weighted by Crippen LogP contribution is -2.60. The highest BCUT2D eigenvalue weighted by molar-refractivity contribution is 5.69. The molecule has 8 N–H and O–H groups in total. The number of aliphatic carboxylic acids is 1. The van der Waals surface area contributed by atoms with Gasteiger partial charge in [-0.3, -0.25) is 4.79 Å². The number of hydrogen-bond acceptors (Lipinski definition) is 9. The molecule has 1 saturated carbocycles. The number of carboxylic acids is 1. The van der Waals surface area contributed by atoms with Crippen molar-refractivity contribution in [2.24, 2.45) is 17.6 Å². The number of benzene rings is 1. The van der Waals surface area contributed by atoms with Crippen LogP contribution < -0.4 is 10.5 Å². The van der Waals surface area contributed by atoms with Crippen molar-refractivity contribution in [1.29, 1.82) is 0 Å².